The Morgan fingerprint density at radius 1 is 1.27 bits per heavy atom. The van der Waals surface area contributed by atoms with Crippen molar-refractivity contribution in [2.45, 2.75) is 13.0 Å². The number of benzene rings is 1. The second-order valence-corrected chi connectivity index (χ2v) is 5.18. The SMILES string of the molecule is Cc1cc2nccc(-c3cccc(NCC(O)CO)c3)n2n1. The Labute approximate surface area is 128 Å². The van der Waals surface area contributed by atoms with Gasteiger partial charge in [0.1, 0.15) is 0 Å². The van der Waals surface area contributed by atoms with E-state index in [2.05, 4.69) is 15.4 Å². The van der Waals surface area contributed by atoms with Gasteiger partial charge in [0, 0.05) is 30.1 Å². The fourth-order valence-electron chi connectivity index (χ4n) is 2.32. The van der Waals surface area contributed by atoms with E-state index in [1.54, 1.807) is 6.20 Å². The van der Waals surface area contributed by atoms with E-state index < -0.39 is 6.10 Å². The molecule has 1 atom stereocenters. The highest BCUT2D eigenvalue weighted by Gasteiger charge is 2.08. The smallest absolute Gasteiger partial charge is 0.155 e. The van der Waals surface area contributed by atoms with Crippen LogP contribution in [0.2, 0.25) is 0 Å². The zero-order valence-electron chi connectivity index (χ0n) is 12.3. The van der Waals surface area contributed by atoms with Crippen LogP contribution < -0.4 is 5.32 Å². The van der Waals surface area contributed by atoms with Gasteiger partial charge in [-0.25, -0.2) is 9.50 Å². The summed E-state index contributed by atoms with van der Waals surface area (Å²) >= 11 is 0. The molecule has 0 aliphatic rings. The highest BCUT2D eigenvalue weighted by atomic mass is 16.3. The quantitative estimate of drug-likeness (QED) is 0.664. The standard InChI is InChI=1S/C16H18N4O2/c1-11-7-16-17-6-5-15(20(16)19-11)12-3-2-4-13(8-12)18-9-14(22)10-21/h2-8,14,18,21-22H,9-10H2,1H3. The molecule has 0 spiro atoms. The van der Waals surface area contributed by atoms with Crippen LogP contribution in [0.1, 0.15) is 5.69 Å². The number of aryl methyl sites for hydroxylation is 1. The van der Waals surface area contributed by atoms with Crippen LogP contribution in [0.3, 0.4) is 0 Å². The number of aliphatic hydroxyl groups is 2. The highest BCUT2D eigenvalue weighted by Crippen LogP contribution is 2.23. The van der Waals surface area contributed by atoms with Crippen molar-refractivity contribution in [1.29, 1.82) is 0 Å². The summed E-state index contributed by atoms with van der Waals surface area (Å²) < 4.78 is 1.82. The molecule has 0 amide bonds. The summed E-state index contributed by atoms with van der Waals surface area (Å²) in [6, 6.07) is 11.7. The molecular weight excluding hydrogens is 280 g/mol. The van der Waals surface area contributed by atoms with Crippen molar-refractivity contribution in [1.82, 2.24) is 14.6 Å². The number of aromatic nitrogens is 3. The molecule has 1 aromatic carbocycles. The van der Waals surface area contributed by atoms with Crippen molar-refractivity contribution >= 4 is 11.3 Å². The molecule has 0 radical (unpaired) electrons. The van der Waals surface area contributed by atoms with Crippen LogP contribution in [0, 0.1) is 6.92 Å². The van der Waals surface area contributed by atoms with Crippen molar-refractivity contribution in [3.63, 3.8) is 0 Å². The van der Waals surface area contributed by atoms with E-state index in [4.69, 9.17) is 5.11 Å². The zero-order valence-corrected chi connectivity index (χ0v) is 12.3. The minimum absolute atomic E-state index is 0.260. The molecule has 0 aliphatic carbocycles. The summed E-state index contributed by atoms with van der Waals surface area (Å²) in [7, 11) is 0. The average molecular weight is 298 g/mol. The Kier molecular flexibility index (Phi) is 4.04. The van der Waals surface area contributed by atoms with Gasteiger partial charge < -0.3 is 15.5 Å². The Morgan fingerprint density at radius 2 is 2.14 bits per heavy atom. The van der Waals surface area contributed by atoms with E-state index in [1.807, 2.05) is 47.8 Å². The number of aliphatic hydroxyl groups excluding tert-OH is 2. The maximum atomic E-state index is 9.41. The van der Waals surface area contributed by atoms with E-state index in [9.17, 15) is 5.11 Å². The maximum Gasteiger partial charge on any atom is 0.155 e. The molecule has 2 aromatic heterocycles. The van der Waals surface area contributed by atoms with Gasteiger partial charge in [-0.15, -0.1) is 0 Å². The van der Waals surface area contributed by atoms with Gasteiger partial charge in [-0.2, -0.15) is 5.10 Å². The summed E-state index contributed by atoms with van der Waals surface area (Å²) in [5, 5.41) is 25.8. The van der Waals surface area contributed by atoms with Crippen molar-refractivity contribution in [3.05, 3.63) is 48.3 Å². The number of fused-ring (bicyclic) bond motifs is 1. The van der Waals surface area contributed by atoms with Crippen molar-refractivity contribution in [2.24, 2.45) is 0 Å². The molecule has 6 nitrogen and oxygen atoms in total. The molecule has 0 saturated heterocycles. The number of nitrogens with zero attached hydrogens (tertiary/aromatic N) is 3. The van der Waals surface area contributed by atoms with Gasteiger partial charge >= 0.3 is 0 Å². The highest BCUT2D eigenvalue weighted by molar-refractivity contribution is 5.67. The molecule has 0 aliphatic heterocycles. The van der Waals surface area contributed by atoms with Gasteiger partial charge in [0.15, 0.2) is 5.65 Å². The fraction of sp³-hybridized carbons (Fsp3) is 0.250. The summed E-state index contributed by atoms with van der Waals surface area (Å²) in [5.74, 6) is 0. The molecule has 0 saturated carbocycles. The molecular formula is C16H18N4O2. The second kappa shape index (κ2) is 6.13. The first kappa shape index (κ1) is 14.5. The van der Waals surface area contributed by atoms with Crippen LogP contribution in [0.5, 0.6) is 0 Å². The van der Waals surface area contributed by atoms with Gasteiger partial charge in [0.2, 0.25) is 0 Å². The number of hydrogen-bond acceptors (Lipinski definition) is 5. The predicted molar refractivity (Wildman–Crippen MR) is 84.7 cm³/mol. The summed E-state index contributed by atoms with van der Waals surface area (Å²) in [6.07, 6.45) is 0.992. The first-order valence-electron chi connectivity index (χ1n) is 7.12. The van der Waals surface area contributed by atoms with Crippen molar-refractivity contribution in [3.8, 4) is 11.3 Å². The molecule has 1 unspecified atom stereocenters. The average Bonchev–Trinajstić information content (AvgIpc) is 2.92. The normalized spacial score (nSPS) is 12.5. The lowest BCUT2D eigenvalue weighted by Gasteiger charge is -2.11. The van der Waals surface area contributed by atoms with Crippen LogP contribution in [0.4, 0.5) is 5.69 Å². The molecule has 3 N–H and O–H groups in total. The minimum atomic E-state index is -0.773. The van der Waals surface area contributed by atoms with E-state index >= 15 is 0 Å². The molecule has 2 heterocycles. The Morgan fingerprint density at radius 3 is 2.95 bits per heavy atom. The number of hydrogen-bond donors (Lipinski definition) is 3. The van der Waals surface area contributed by atoms with Crippen LogP contribution >= 0.6 is 0 Å². The number of nitrogens with one attached hydrogen (secondary N) is 1. The van der Waals surface area contributed by atoms with E-state index in [0.29, 0.717) is 6.54 Å². The molecule has 3 aromatic rings. The third kappa shape index (κ3) is 2.93. The van der Waals surface area contributed by atoms with Gasteiger partial charge in [-0.3, -0.25) is 0 Å². The van der Waals surface area contributed by atoms with Crippen molar-refractivity contribution in [2.75, 3.05) is 18.5 Å². The van der Waals surface area contributed by atoms with Gasteiger partial charge in [0.25, 0.3) is 0 Å². The van der Waals surface area contributed by atoms with E-state index in [-0.39, 0.29) is 6.61 Å². The van der Waals surface area contributed by atoms with E-state index in [1.165, 1.54) is 0 Å². The number of anilines is 1. The Hall–Kier alpha value is -2.44. The van der Waals surface area contributed by atoms with E-state index in [0.717, 1.165) is 28.3 Å². The Balaban J connectivity index is 1.93. The van der Waals surface area contributed by atoms with Crippen molar-refractivity contribution < 1.29 is 10.2 Å². The third-order valence-electron chi connectivity index (χ3n) is 3.39. The van der Waals surface area contributed by atoms with Crippen LogP contribution in [-0.2, 0) is 0 Å². The van der Waals surface area contributed by atoms with Crippen LogP contribution in [-0.4, -0.2) is 44.1 Å². The minimum Gasteiger partial charge on any atom is -0.394 e. The second-order valence-electron chi connectivity index (χ2n) is 5.18. The largest absolute Gasteiger partial charge is 0.394 e. The summed E-state index contributed by atoms with van der Waals surface area (Å²) in [5.41, 5.74) is 4.55. The molecule has 3 rings (SSSR count). The molecule has 6 heteroatoms. The fourth-order valence-corrected chi connectivity index (χ4v) is 2.32. The lowest BCUT2D eigenvalue weighted by atomic mass is 10.1. The third-order valence-corrected chi connectivity index (χ3v) is 3.39. The molecule has 0 bridgehead atoms. The Bertz CT molecular complexity index is 785. The monoisotopic (exact) mass is 298 g/mol. The molecule has 22 heavy (non-hydrogen) atoms. The number of rotatable bonds is 5. The topological polar surface area (TPSA) is 82.7 Å². The lowest BCUT2D eigenvalue weighted by molar-refractivity contribution is 0.105. The lowest BCUT2D eigenvalue weighted by Crippen LogP contribution is -2.22. The van der Waals surface area contributed by atoms with Crippen LogP contribution in [0.15, 0.2) is 42.6 Å². The predicted octanol–water partition coefficient (Wildman–Crippen LogP) is 1.47. The van der Waals surface area contributed by atoms with Gasteiger partial charge in [-0.05, 0) is 25.1 Å². The first-order chi connectivity index (χ1) is 10.7. The summed E-state index contributed by atoms with van der Waals surface area (Å²) in [6.45, 7) is 1.98. The van der Waals surface area contributed by atoms with Crippen LogP contribution in [0.25, 0.3) is 16.9 Å². The molecule has 114 valence electrons. The van der Waals surface area contributed by atoms with Gasteiger partial charge in [0.05, 0.1) is 24.1 Å². The maximum absolute atomic E-state index is 9.41. The zero-order chi connectivity index (χ0) is 15.5. The first-order valence-corrected chi connectivity index (χ1v) is 7.12. The summed E-state index contributed by atoms with van der Waals surface area (Å²) in [4.78, 5) is 4.31. The van der Waals surface area contributed by atoms with Gasteiger partial charge in [-0.1, -0.05) is 12.1 Å². The molecule has 0 fully saturated rings.